The topological polar surface area (TPSA) is 52.8 Å². The van der Waals surface area contributed by atoms with E-state index in [0.29, 0.717) is 17.5 Å². The van der Waals surface area contributed by atoms with Gasteiger partial charge in [0, 0.05) is 39.1 Å². The van der Waals surface area contributed by atoms with Gasteiger partial charge in [-0.1, -0.05) is 140 Å². The van der Waals surface area contributed by atoms with E-state index in [1.807, 2.05) is 18.2 Å². The van der Waals surface area contributed by atoms with Crippen LogP contribution in [0.3, 0.4) is 0 Å². The minimum atomic E-state index is -0.450. The van der Waals surface area contributed by atoms with Gasteiger partial charge < -0.3 is 9.30 Å². The Hall–Kier alpha value is -7.37. The van der Waals surface area contributed by atoms with Crippen molar-refractivity contribution in [3.05, 3.63) is 211 Å². The van der Waals surface area contributed by atoms with Crippen LogP contribution in [0, 0.1) is 5.92 Å². The molecule has 2 aromatic heterocycles. The number of hydrogen-bond donors (Lipinski definition) is 0. The quantitative estimate of drug-likeness (QED) is 0.181. The second-order valence-corrected chi connectivity index (χ2v) is 15.1. The van der Waals surface area contributed by atoms with Gasteiger partial charge in [0.1, 0.15) is 11.5 Å². The van der Waals surface area contributed by atoms with Crippen molar-refractivity contribution in [1.82, 2.24) is 19.5 Å². The first kappa shape index (κ1) is 31.9. The smallest absolute Gasteiger partial charge is 0.167 e. The SMILES string of the molecule is C1=CCC2C(=C1)Oc1c(-c3nc(-c4ccccc4)nc(-c4ccc(-n5c6ccccc6c6ccccc65)cc4)n3)cccc1C21c2ccccc2-c2ccccc21. The molecule has 5 nitrogen and oxygen atoms in total. The highest BCUT2D eigenvalue weighted by molar-refractivity contribution is 6.09. The summed E-state index contributed by atoms with van der Waals surface area (Å²) in [5.41, 5.74) is 11.9. The minimum Gasteiger partial charge on any atom is -0.460 e. The summed E-state index contributed by atoms with van der Waals surface area (Å²) < 4.78 is 9.39. The molecule has 0 radical (unpaired) electrons. The highest BCUT2D eigenvalue weighted by Crippen LogP contribution is 2.63. The summed E-state index contributed by atoms with van der Waals surface area (Å²) in [5, 5.41) is 2.47. The summed E-state index contributed by atoms with van der Waals surface area (Å²) >= 11 is 0. The van der Waals surface area contributed by atoms with E-state index in [1.165, 1.54) is 44.1 Å². The molecule has 0 saturated carbocycles. The van der Waals surface area contributed by atoms with Crippen LogP contribution in [-0.4, -0.2) is 19.5 Å². The number of ether oxygens (including phenoxy) is 1. The number of rotatable bonds is 4. The number of nitrogens with zero attached hydrogens (tertiary/aromatic N) is 4. The molecule has 0 amide bonds. The molecule has 0 bridgehead atoms. The van der Waals surface area contributed by atoms with Gasteiger partial charge in [-0.2, -0.15) is 0 Å². The van der Waals surface area contributed by atoms with E-state index < -0.39 is 5.41 Å². The number of fused-ring (bicyclic) bond motifs is 12. The van der Waals surface area contributed by atoms with Gasteiger partial charge >= 0.3 is 0 Å². The van der Waals surface area contributed by atoms with E-state index in [-0.39, 0.29) is 5.92 Å². The van der Waals surface area contributed by atoms with Gasteiger partial charge in [0.05, 0.1) is 22.0 Å². The highest BCUT2D eigenvalue weighted by Gasteiger charge is 2.55. The van der Waals surface area contributed by atoms with Crippen molar-refractivity contribution in [2.24, 2.45) is 5.92 Å². The lowest BCUT2D eigenvalue weighted by atomic mass is 9.60. The van der Waals surface area contributed by atoms with Crippen LogP contribution in [0.5, 0.6) is 5.75 Å². The van der Waals surface area contributed by atoms with Gasteiger partial charge in [-0.05, 0) is 77.2 Å². The Morgan fingerprint density at radius 2 is 1.04 bits per heavy atom. The van der Waals surface area contributed by atoms with E-state index in [0.717, 1.165) is 45.9 Å². The molecule has 57 heavy (non-hydrogen) atoms. The molecule has 9 aromatic rings. The maximum absolute atomic E-state index is 7.06. The molecule has 12 rings (SSSR count). The summed E-state index contributed by atoms with van der Waals surface area (Å²) in [4.78, 5) is 15.6. The Labute approximate surface area is 329 Å². The molecule has 3 aliphatic rings. The molecule has 1 spiro atoms. The van der Waals surface area contributed by atoms with Crippen molar-refractivity contribution in [3.63, 3.8) is 0 Å². The molecular weight excluding hydrogens is 697 g/mol. The molecule has 1 aliphatic heterocycles. The van der Waals surface area contributed by atoms with Crippen molar-refractivity contribution in [2.75, 3.05) is 0 Å². The van der Waals surface area contributed by atoms with Gasteiger partial charge in [-0.25, -0.2) is 15.0 Å². The molecule has 3 heterocycles. The van der Waals surface area contributed by atoms with Crippen LogP contribution in [0.25, 0.3) is 72.8 Å². The first-order chi connectivity index (χ1) is 28.3. The zero-order chi connectivity index (χ0) is 37.5. The zero-order valence-electron chi connectivity index (χ0n) is 30.9. The minimum absolute atomic E-state index is 0.0944. The molecular formula is C52H34N4O. The molecule has 0 N–H and O–H groups in total. The Morgan fingerprint density at radius 1 is 0.491 bits per heavy atom. The molecule has 7 aromatic carbocycles. The number of benzene rings is 7. The maximum atomic E-state index is 7.06. The molecule has 268 valence electrons. The van der Waals surface area contributed by atoms with Crippen molar-refractivity contribution in [3.8, 4) is 56.7 Å². The standard InChI is InChI=1S/C52H34N4O/c1-2-15-33(16-3-1)49-53-50(34-29-31-35(32-30-34)56-45-26-11-6-19-38(45)39-20-7-12-27-46(39)56)55-51(54-49)40-21-14-25-44-48(40)57-47-28-13-10-24-43(47)52(44)41-22-8-4-17-36(41)37-18-5-9-23-42(37)52/h1-23,25-32,43H,24H2. The fraction of sp³-hybridized carbons (Fsp3) is 0.0577. The van der Waals surface area contributed by atoms with E-state index in [1.54, 1.807) is 0 Å². The molecule has 0 fully saturated rings. The van der Waals surface area contributed by atoms with Crippen LogP contribution in [0.1, 0.15) is 23.1 Å². The third-order valence-corrected chi connectivity index (χ3v) is 12.2. The number of para-hydroxylation sites is 3. The first-order valence-electron chi connectivity index (χ1n) is 19.6. The Bertz CT molecular complexity index is 3040. The van der Waals surface area contributed by atoms with Gasteiger partial charge in [-0.15, -0.1) is 0 Å². The van der Waals surface area contributed by atoms with Gasteiger partial charge in [0.25, 0.3) is 0 Å². The van der Waals surface area contributed by atoms with E-state index in [4.69, 9.17) is 19.7 Å². The van der Waals surface area contributed by atoms with Crippen LogP contribution in [0.15, 0.2) is 194 Å². The predicted molar refractivity (Wildman–Crippen MR) is 228 cm³/mol. The second kappa shape index (κ2) is 12.3. The molecule has 2 aliphatic carbocycles. The largest absolute Gasteiger partial charge is 0.460 e. The van der Waals surface area contributed by atoms with Crippen LogP contribution in [0.4, 0.5) is 0 Å². The average Bonchev–Trinajstić information content (AvgIpc) is 3.78. The molecule has 5 heteroatoms. The monoisotopic (exact) mass is 730 g/mol. The van der Waals surface area contributed by atoms with E-state index in [9.17, 15) is 0 Å². The van der Waals surface area contributed by atoms with Crippen LogP contribution < -0.4 is 4.74 Å². The Kier molecular flexibility index (Phi) is 6.90. The van der Waals surface area contributed by atoms with E-state index in [2.05, 4.69) is 174 Å². The van der Waals surface area contributed by atoms with Gasteiger partial charge in [0.2, 0.25) is 0 Å². The third kappa shape index (κ3) is 4.60. The Balaban J connectivity index is 1.06. The van der Waals surface area contributed by atoms with Crippen LogP contribution >= 0.6 is 0 Å². The highest BCUT2D eigenvalue weighted by atomic mass is 16.5. The number of aromatic nitrogens is 4. The lowest BCUT2D eigenvalue weighted by molar-refractivity contribution is 0.254. The summed E-state index contributed by atoms with van der Waals surface area (Å²) in [7, 11) is 0. The normalized spacial score (nSPS) is 15.8. The fourth-order valence-electron chi connectivity index (χ4n) is 9.78. The van der Waals surface area contributed by atoms with Crippen LogP contribution in [0.2, 0.25) is 0 Å². The predicted octanol–water partition coefficient (Wildman–Crippen LogP) is 12.1. The molecule has 1 atom stereocenters. The van der Waals surface area contributed by atoms with Gasteiger partial charge in [-0.3, -0.25) is 0 Å². The fourth-order valence-corrected chi connectivity index (χ4v) is 9.78. The van der Waals surface area contributed by atoms with Crippen LogP contribution in [-0.2, 0) is 5.41 Å². The lowest BCUT2D eigenvalue weighted by Crippen LogP contribution is -2.42. The number of hydrogen-bond acceptors (Lipinski definition) is 4. The van der Waals surface area contributed by atoms with Crippen molar-refractivity contribution in [2.45, 2.75) is 11.8 Å². The van der Waals surface area contributed by atoms with E-state index >= 15 is 0 Å². The lowest BCUT2D eigenvalue weighted by Gasteiger charge is -2.46. The maximum Gasteiger partial charge on any atom is 0.167 e. The van der Waals surface area contributed by atoms with Crippen molar-refractivity contribution >= 4 is 21.8 Å². The molecule has 0 saturated heterocycles. The van der Waals surface area contributed by atoms with Gasteiger partial charge in [0.15, 0.2) is 17.5 Å². The average molecular weight is 731 g/mol. The van der Waals surface area contributed by atoms with Crippen molar-refractivity contribution in [1.29, 1.82) is 0 Å². The Morgan fingerprint density at radius 3 is 1.72 bits per heavy atom. The second-order valence-electron chi connectivity index (χ2n) is 15.1. The number of allylic oxidation sites excluding steroid dienone is 4. The summed E-state index contributed by atoms with van der Waals surface area (Å²) in [6.45, 7) is 0. The molecule has 1 unspecified atom stereocenters. The summed E-state index contributed by atoms with van der Waals surface area (Å²) in [6.07, 6.45) is 7.41. The first-order valence-corrected chi connectivity index (χ1v) is 19.6. The van der Waals surface area contributed by atoms with Crippen molar-refractivity contribution < 1.29 is 4.74 Å². The zero-order valence-corrected chi connectivity index (χ0v) is 30.9. The summed E-state index contributed by atoms with van der Waals surface area (Å²) in [6, 6.07) is 60.2. The third-order valence-electron chi connectivity index (χ3n) is 12.2. The summed E-state index contributed by atoms with van der Waals surface area (Å²) in [5.74, 6) is 3.63.